The number of rotatable bonds is 4. The molecule has 3 heteroatoms. The standard InChI is InChI=1S/C14H21NO2/c1-15-13-8-3-4-9-14(13)17-12-7-5-6-11(10-12)16-2/h5-7,10,13-15H,3-4,8-9H2,1-2H3. The smallest absolute Gasteiger partial charge is 0.123 e. The first-order chi connectivity index (χ1) is 8.33. The highest BCUT2D eigenvalue weighted by atomic mass is 16.5. The van der Waals surface area contributed by atoms with Crippen LogP contribution in [0.2, 0.25) is 0 Å². The van der Waals surface area contributed by atoms with Crippen molar-refractivity contribution in [2.75, 3.05) is 14.2 Å². The Kier molecular flexibility index (Phi) is 4.26. The minimum atomic E-state index is 0.279. The van der Waals surface area contributed by atoms with E-state index in [1.807, 2.05) is 31.3 Å². The Bertz CT molecular complexity index is 354. The number of ether oxygens (including phenoxy) is 2. The van der Waals surface area contributed by atoms with Crippen LogP contribution in [-0.2, 0) is 0 Å². The van der Waals surface area contributed by atoms with Crippen molar-refractivity contribution in [1.82, 2.24) is 5.32 Å². The van der Waals surface area contributed by atoms with Gasteiger partial charge in [-0.1, -0.05) is 12.5 Å². The Morgan fingerprint density at radius 1 is 1.18 bits per heavy atom. The molecule has 0 aromatic heterocycles. The van der Waals surface area contributed by atoms with Crippen LogP contribution in [0.15, 0.2) is 24.3 Å². The fourth-order valence-corrected chi connectivity index (χ4v) is 2.42. The summed E-state index contributed by atoms with van der Waals surface area (Å²) < 4.78 is 11.3. The van der Waals surface area contributed by atoms with Gasteiger partial charge in [-0.25, -0.2) is 0 Å². The predicted octanol–water partition coefficient (Wildman–Crippen LogP) is 2.60. The van der Waals surface area contributed by atoms with Crippen molar-refractivity contribution in [3.63, 3.8) is 0 Å². The minimum absolute atomic E-state index is 0.279. The van der Waals surface area contributed by atoms with Gasteiger partial charge in [-0.2, -0.15) is 0 Å². The average molecular weight is 235 g/mol. The zero-order valence-electron chi connectivity index (χ0n) is 10.6. The molecule has 1 saturated carbocycles. The molecule has 0 spiro atoms. The van der Waals surface area contributed by atoms with E-state index in [-0.39, 0.29) is 6.10 Å². The van der Waals surface area contributed by atoms with Gasteiger partial charge in [-0.15, -0.1) is 0 Å². The van der Waals surface area contributed by atoms with Crippen molar-refractivity contribution >= 4 is 0 Å². The van der Waals surface area contributed by atoms with Gasteiger partial charge in [0.2, 0.25) is 0 Å². The fraction of sp³-hybridized carbons (Fsp3) is 0.571. The largest absolute Gasteiger partial charge is 0.497 e. The lowest BCUT2D eigenvalue weighted by Gasteiger charge is -2.31. The lowest BCUT2D eigenvalue weighted by Crippen LogP contribution is -2.43. The molecular formula is C14H21NO2. The van der Waals surface area contributed by atoms with Gasteiger partial charge in [0.15, 0.2) is 0 Å². The number of hydrogen-bond donors (Lipinski definition) is 1. The second kappa shape index (κ2) is 5.92. The van der Waals surface area contributed by atoms with Gasteiger partial charge in [0.25, 0.3) is 0 Å². The molecule has 94 valence electrons. The fourth-order valence-electron chi connectivity index (χ4n) is 2.42. The minimum Gasteiger partial charge on any atom is -0.497 e. The molecule has 1 aliphatic carbocycles. The van der Waals surface area contributed by atoms with Crippen LogP contribution in [0.3, 0.4) is 0 Å². The van der Waals surface area contributed by atoms with Crippen LogP contribution in [0.5, 0.6) is 11.5 Å². The van der Waals surface area contributed by atoms with E-state index in [0.29, 0.717) is 6.04 Å². The van der Waals surface area contributed by atoms with Crippen molar-refractivity contribution in [2.45, 2.75) is 37.8 Å². The van der Waals surface area contributed by atoms with E-state index in [1.165, 1.54) is 19.3 Å². The highest BCUT2D eigenvalue weighted by Gasteiger charge is 2.25. The van der Waals surface area contributed by atoms with Crippen LogP contribution in [0, 0.1) is 0 Å². The second-order valence-electron chi connectivity index (χ2n) is 4.51. The third-order valence-electron chi connectivity index (χ3n) is 3.40. The predicted molar refractivity (Wildman–Crippen MR) is 68.7 cm³/mol. The van der Waals surface area contributed by atoms with Crippen LogP contribution < -0.4 is 14.8 Å². The highest BCUT2D eigenvalue weighted by Crippen LogP contribution is 2.26. The van der Waals surface area contributed by atoms with E-state index in [9.17, 15) is 0 Å². The second-order valence-corrected chi connectivity index (χ2v) is 4.51. The SMILES string of the molecule is CNC1CCCCC1Oc1cccc(OC)c1. The van der Waals surface area contributed by atoms with Crippen LogP contribution in [0.1, 0.15) is 25.7 Å². The van der Waals surface area contributed by atoms with Crippen LogP contribution in [0.4, 0.5) is 0 Å². The molecule has 1 aromatic carbocycles. The van der Waals surface area contributed by atoms with Gasteiger partial charge in [-0.05, 0) is 38.4 Å². The molecule has 0 amide bonds. The molecule has 0 saturated heterocycles. The summed E-state index contributed by atoms with van der Waals surface area (Å²) in [4.78, 5) is 0. The van der Waals surface area contributed by atoms with Gasteiger partial charge in [0.05, 0.1) is 7.11 Å². The number of benzene rings is 1. The first-order valence-electron chi connectivity index (χ1n) is 6.31. The summed E-state index contributed by atoms with van der Waals surface area (Å²) in [5.41, 5.74) is 0. The average Bonchev–Trinajstić information content (AvgIpc) is 2.39. The summed E-state index contributed by atoms with van der Waals surface area (Å²) in [5, 5.41) is 3.35. The van der Waals surface area contributed by atoms with Crippen molar-refractivity contribution in [1.29, 1.82) is 0 Å². The summed E-state index contributed by atoms with van der Waals surface area (Å²) >= 11 is 0. The van der Waals surface area contributed by atoms with E-state index < -0.39 is 0 Å². The van der Waals surface area contributed by atoms with Gasteiger partial charge < -0.3 is 14.8 Å². The first-order valence-corrected chi connectivity index (χ1v) is 6.31. The lowest BCUT2D eigenvalue weighted by molar-refractivity contribution is 0.117. The molecule has 2 rings (SSSR count). The maximum Gasteiger partial charge on any atom is 0.123 e. The Morgan fingerprint density at radius 3 is 2.71 bits per heavy atom. The Balaban J connectivity index is 2.02. The van der Waals surface area contributed by atoms with Gasteiger partial charge in [-0.3, -0.25) is 0 Å². The molecule has 1 aromatic rings. The third kappa shape index (κ3) is 3.13. The van der Waals surface area contributed by atoms with Gasteiger partial charge >= 0.3 is 0 Å². The summed E-state index contributed by atoms with van der Waals surface area (Å²) in [6.07, 6.45) is 5.16. The van der Waals surface area contributed by atoms with E-state index in [4.69, 9.17) is 9.47 Å². The highest BCUT2D eigenvalue weighted by molar-refractivity contribution is 5.33. The van der Waals surface area contributed by atoms with E-state index >= 15 is 0 Å². The van der Waals surface area contributed by atoms with Crippen LogP contribution in [0.25, 0.3) is 0 Å². The van der Waals surface area contributed by atoms with Gasteiger partial charge in [0, 0.05) is 12.1 Å². The molecule has 1 N–H and O–H groups in total. The zero-order valence-corrected chi connectivity index (χ0v) is 10.6. The van der Waals surface area contributed by atoms with Crippen LogP contribution >= 0.6 is 0 Å². The summed E-state index contributed by atoms with van der Waals surface area (Å²) in [6.45, 7) is 0. The monoisotopic (exact) mass is 235 g/mol. The van der Waals surface area contributed by atoms with E-state index in [1.54, 1.807) is 7.11 Å². The van der Waals surface area contributed by atoms with Crippen molar-refractivity contribution < 1.29 is 9.47 Å². The number of nitrogens with one attached hydrogen (secondary N) is 1. The lowest BCUT2D eigenvalue weighted by atomic mass is 9.92. The van der Waals surface area contributed by atoms with Gasteiger partial charge in [0.1, 0.15) is 17.6 Å². The molecule has 17 heavy (non-hydrogen) atoms. The molecule has 0 heterocycles. The maximum atomic E-state index is 6.06. The molecule has 2 atom stereocenters. The quantitative estimate of drug-likeness (QED) is 0.870. The summed E-state index contributed by atoms with van der Waals surface area (Å²) in [5.74, 6) is 1.75. The maximum absolute atomic E-state index is 6.06. The Labute approximate surface area is 103 Å². The summed E-state index contributed by atoms with van der Waals surface area (Å²) in [6, 6.07) is 8.30. The summed E-state index contributed by atoms with van der Waals surface area (Å²) in [7, 11) is 3.69. The third-order valence-corrected chi connectivity index (χ3v) is 3.40. The number of hydrogen-bond acceptors (Lipinski definition) is 3. The molecular weight excluding hydrogens is 214 g/mol. The topological polar surface area (TPSA) is 30.5 Å². The Morgan fingerprint density at radius 2 is 1.94 bits per heavy atom. The molecule has 1 aliphatic rings. The van der Waals surface area contributed by atoms with Crippen molar-refractivity contribution in [3.05, 3.63) is 24.3 Å². The molecule has 2 unspecified atom stereocenters. The Hall–Kier alpha value is -1.22. The van der Waals surface area contributed by atoms with Crippen molar-refractivity contribution in [2.24, 2.45) is 0 Å². The molecule has 0 aliphatic heterocycles. The van der Waals surface area contributed by atoms with E-state index in [0.717, 1.165) is 17.9 Å². The van der Waals surface area contributed by atoms with Crippen LogP contribution in [-0.4, -0.2) is 26.3 Å². The molecule has 3 nitrogen and oxygen atoms in total. The normalized spacial score (nSPS) is 24.4. The molecule has 0 radical (unpaired) electrons. The number of methoxy groups -OCH3 is 1. The van der Waals surface area contributed by atoms with Crippen molar-refractivity contribution in [3.8, 4) is 11.5 Å². The molecule has 0 bridgehead atoms. The number of likely N-dealkylation sites (N-methyl/N-ethyl adjacent to an activating group) is 1. The zero-order chi connectivity index (χ0) is 12.1. The van der Waals surface area contributed by atoms with E-state index in [2.05, 4.69) is 5.32 Å². The molecule has 1 fully saturated rings. The first kappa shape index (κ1) is 12.2.